The van der Waals surface area contributed by atoms with E-state index in [9.17, 15) is 26.8 Å². The molecule has 0 bridgehead atoms. The number of benzene rings is 1. The Hall–Kier alpha value is -2.41. The van der Waals surface area contributed by atoms with E-state index < -0.39 is 25.8 Å². The number of hydrogen-bond donors (Lipinski definition) is 2. The zero-order valence-electron chi connectivity index (χ0n) is 22.3. The molecule has 212 valence electrons. The summed E-state index contributed by atoms with van der Waals surface area (Å²) >= 11 is 0. The van der Waals surface area contributed by atoms with E-state index in [4.69, 9.17) is 4.99 Å². The lowest BCUT2D eigenvalue weighted by Crippen LogP contribution is -2.50. The fourth-order valence-electron chi connectivity index (χ4n) is 5.91. The quantitative estimate of drug-likeness (QED) is 0.517. The van der Waals surface area contributed by atoms with Gasteiger partial charge in [-0.15, -0.1) is 0 Å². The maximum Gasteiger partial charge on any atom is 0.254 e. The van der Waals surface area contributed by atoms with E-state index >= 15 is 0 Å². The van der Waals surface area contributed by atoms with Gasteiger partial charge >= 0.3 is 0 Å². The number of sulfonamides is 1. The second kappa shape index (κ2) is 10.9. The number of rotatable bonds is 5. The molecule has 3 heterocycles. The fourth-order valence-corrected chi connectivity index (χ4v) is 8.30. The van der Waals surface area contributed by atoms with Gasteiger partial charge in [-0.3, -0.25) is 14.6 Å². The summed E-state index contributed by atoms with van der Waals surface area (Å²) in [4.78, 5) is 32.1. The van der Waals surface area contributed by atoms with E-state index in [-0.39, 0.29) is 49.5 Å². The minimum Gasteiger partial charge on any atom is -0.329 e. The van der Waals surface area contributed by atoms with E-state index in [1.54, 1.807) is 23.1 Å². The zero-order valence-corrected chi connectivity index (χ0v) is 23.9. The number of amides is 2. The molecule has 0 aromatic heterocycles. The molecule has 3 aliphatic heterocycles. The molecule has 0 unspecified atom stereocenters. The van der Waals surface area contributed by atoms with Crippen molar-refractivity contribution in [3.05, 3.63) is 40.3 Å². The number of aryl methyl sites for hydroxylation is 1. The highest BCUT2D eigenvalue weighted by Crippen LogP contribution is 2.35. The molecule has 10 nitrogen and oxygen atoms in total. The molecule has 2 amide bonds. The normalized spacial score (nSPS) is 24.2. The molecule has 5 rings (SSSR count). The maximum absolute atomic E-state index is 13.1. The van der Waals surface area contributed by atoms with Crippen molar-refractivity contribution in [1.82, 2.24) is 14.5 Å². The van der Waals surface area contributed by atoms with Crippen LogP contribution in [0.3, 0.4) is 0 Å². The number of piperidine rings is 1. The maximum atomic E-state index is 13.1. The van der Waals surface area contributed by atoms with Gasteiger partial charge in [-0.2, -0.15) is 8.86 Å². The van der Waals surface area contributed by atoms with Gasteiger partial charge in [0.15, 0.2) is 11.5 Å². The Bertz CT molecular complexity index is 1350. The predicted molar refractivity (Wildman–Crippen MR) is 151 cm³/mol. The molecular weight excluding hydrogens is 540 g/mol. The van der Waals surface area contributed by atoms with Crippen LogP contribution in [0.1, 0.15) is 66.4 Å². The van der Waals surface area contributed by atoms with Crippen molar-refractivity contribution in [3.8, 4) is 0 Å². The Kier molecular flexibility index (Phi) is 7.84. The summed E-state index contributed by atoms with van der Waals surface area (Å²) in [6, 6.07) is 5.08. The van der Waals surface area contributed by atoms with Gasteiger partial charge in [0, 0.05) is 30.0 Å². The lowest BCUT2D eigenvalue weighted by atomic mass is 9.88. The first-order valence-corrected chi connectivity index (χ1v) is 17.1. The second-order valence-electron chi connectivity index (χ2n) is 11.1. The van der Waals surface area contributed by atoms with E-state index in [0.29, 0.717) is 29.9 Å². The average molecular weight is 578 g/mol. The molecule has 1 spiro atoms. The topological polar surface area (TPSA) is 136 Å². The van der Waals surface area contributed by atoms with E-state index in [1.165, 1.54) is 22.2 Å². The van der Waals surface area contributed by atoms with Gasteiger partial charge in [0.05, 0.1) is 13.1 Å². The summed E-state index contributed by atoms with van der Waals surface area (Å²) in [5.74, 6) is 0.940. The summed E-state index contributed by atoms with van der Waals surface area (Å²) in [6.45, 7) is 2.73. The Labute approximate surface area is 231 Å². The highest BCUT2D eigenvalue weighted by atomic mass is 32.3. The van der Waals surface area contributed by atoms with Crippen LogP contribution in [-0.2, 0) is 29.2 Å². The average Bonchev–Trinajstić information content (AvgIpc) is 3.23. The smallest absolute Gasteiger partial charge is 0.254 e. The van der Waals surface area contributed by atoms with Crippen LogP contribution in [0.5, 0.6) is 0 Å². The third-order valence-corrected chi connectivity index (χ3v) is 11.7. The minimum atomic E-state index is -3.70. The standard InChI is InChI=1S/C27H36N4O6S2/c1-20-19-23(25(32)30-14-17-38(34,35)18-15-30)8-7-21(20)9-16-39(36,37)31-12-10-27(11-13-31)26(33)28-24(29-27)22-5-3-2-4-6-22/h7-9,16,19,22H,2-6,10-15,17-18H2,1H3,(H-,28,29,33,34,35)/p+1/b16-9+. The van der Waals surface area contributed by atoms with Crippen LogP contribution in [-0.4, -0.2) is 83.0 Å². The molecule has 0 atom stereocenters. The Morgan fingerprint density at radius 3 is 2.44 bits per heavy atom. The molecule has 39 heavy (non-hydrogen) atoms. The first-order chi connectivity index (χ1) is 18.5. The molecule has 1 aromatic rings. The molecule has 2 saturated heterocycles. The van der Waals surface area contributed by atoms with E-state index in [2.05, 4.69) is 5.32 Å². The number of nitrogens with one attached hydrogen (secondary N) is 1. The van der Waals surface area contributed by atoms with Gasteiger partial charge in [-0.1, -0.05) is 29.5 Å². The lowest BCUT2D eigenvalue weighted by molar-refractivity contribution is -0.125. The van der Waals surface area contributed by atoms with Crippen LogP contribution < -0.4 is 5.32 Å². The van der Waals surface area contributed by atoms with Gasteiger partial charge in [0.2, 0.25) is 20.2 Å². The van der Waals surface area contributed by atoms with Gasteiger partial charge in [0.1, 0.15) is 11.4 Å². The number of carbonyl (C=O) groups is 2. The van der Waals surface area contributed by atoms with Crippen molar-refractivity contribution in [3.63, 3.8) is 0 Å². The molecule has 4 aliphatic rings. The van der Waals surface area contributed by atoms with Crippen LogP contribution in [0.25, 0.3) is 6.08 Å². The fraction of sp³-hybridized carbons (Fsp3) is 0.593. The summed E-state index contributed by atoms with van der Waals surface area (Å²) in [6.07, 6.45) is 7.86. The molecule has 1 saturated carbocycles. The Morgan fingerprint density at radius 1 is 1.13 bits per heavy atom. The number of hydrogen-bond acceptors (Lipinski definition) is 6. The van der Waals surface area contributed by atoms with Gasteiger partial charge in [-0.25, -0.2) is 8.42 Å². The summed E-state index contributed by atoms with van der Waals surface area (Å²) in [5, 5.41) is 4.19. The molecule has 3 fully saturated rings. The SMILES string of the molecule is Cc1cc(C(=O)N2CC[S+](=O)(O)CC2)ccc1/C=C/S(=O)(=O)N1CCC2(CC1)N=C(C1CCCCC1)NC2=O. The summed E-state index contributed by atoms with van der Waals surface area (Å²) < 4.78 is 49.0. The first-order valence-electron chi connectivity index (χ1n) is 13.7. The Balaban J connectivity index is 1.21. The molecule has 2 N–H and O–H groups in total. The predicted octanol–water partition coefficient (Wildman–Crippen LogP) is 2.67. The monoisotopic (exact) mass is 577 g/mol. The number of amidine groups is 1. The van der Waals surface area contributed by atoms with Crippen molar-refractivity contribution in [2.75, 3.05) is 37.7 Å². The van der Waals surface area contributed by atoms with Crippen LogP contribution in [0.2, 0.25) is 0 Å². The third kappa shape index (κ3) is 6.03. The highest BCUT2D eigenvalue weighted by molar-refractivity contribution is 7.97. The third-order valence-electron chi connectivity index (χ3n) is 8.48. The summed E-state index contributed by atoms with van der Waals surface area (Å²) in [5.41, 5.74) is 1.03. The van der Waals surface area contributed by atoms with Crippen molar-refractivity contribution in [2.24, 2.45) is 10.9 Å². The van der Waals surface area contributed by atoms with Crippen LogP contribution in [0.15, 0.2) is 28.6 Å². The van der Waals surface area contributed by atoms with Crippen molar-refractivity contribution < 1.29 is 26.8 Å². The molecule has 1 aliphatic carbocycles. The van der Waals surface area contributed by atoms with Crippen LogP contribution in [0.4, 0.5) is 0 Å². The molecule has 1 aromatic carbocycles. The molecule has 0 radical (unpaired) electrons. The van der Waals surface area contributed by atoms with E-state index in [0.717, 1.165) is 37.1 Å². The summed E-state index contributed by atoms with van der Waals surface area (Å²) in [7, 11) is -6.54. The largest absolute Gasteiger partial charge is 0.329 e. The zero-order chi connectivity index (χ0) is 27.8. The lowest BCUT2D eigenvalue weighted by Gasteiger charge is -2.34. The first kappa shape index (κ1) is 28.1. The van der Waals surface area contributed by atoms with Crippen molar-refractivity contribution in [1.29, 1.82) is 0 Å². The number of carbonyl (C=O) groups excluding carboxylic acids is 2. The number of aliphatic imine (C=N–C) groups is 1. The molecule has 12 heteroatoms. The number of nitrogens with zero attached hydrogens (tertiary/aromatic N) is 3. The molecular formula is C27H37N4O6S2+. The van der Waals surface area contributed by atoms with Gasteiger partial charge in [0.25, 0.3) is 11.8 Å². The highest BCUT2D eigenvalue weighted by Gasteiger charge is 2.48. The second-order valence-corrected chi connectivity index (χ2v) is 15.3. The Morgan fingerprint density at radius 2 is 1.79 bits per heavy atom. The van der Waals surface area contributed by atoms with Gasteiger partial charge in [-0.05, 0) is 61.9 Å². The van der Waals surface area contributed by atoms with Crippen molar-refractivity contribution in [2.45, 2.75) is 57.4 Å². The van der Waals surface area contributed by atoms with Crippen molar-refractivity contribution >= 4 is 44.0 Å². The van der Waals surface area contributed by atoms with Crippen LogP contribution in [0, 0.1) is 12.8 Å². The minimum absolute atomic E-state index is 0.0761. The van der Waals surface area contributed by atoms with Gasteiger partial charge < -0.3 is 10.2 Å². The van der Waals surface area contributed by atoms with Crippen LogP contribution >= 0.6 is 0 Å². The van der Waals surface area contributed by atoms with E-state index in [1.807, 2.05) is 6.92 Å².